The van der Waals surface area contributed by atoms with E-state index in [2.05, 4.69) is 31.8 Å². The maximum absolute atomic E-state index is 15.2. The lowest BCUT2D eigenvalue weighted by molar-refractivity contribution is -0.203. The Kier molecular flexibility index (Phi) is 15.5. The molecule has 4 amide bonds. The number of nitrogens with one attached hydrogen (secondary N) is 3. The van der Waals surface area contributed by atoms with Gasteiger partial charge in [-0.2, -0.15) is 5.10 Å². The number of ether oxygens (including phenoxy) is 1. The van der Waals surface area contributed by atoms with Crippen molar-refractivity contribution in [2.45, 2.75) is 108 Å². The first-order valence-electron chi connectivity index (χ1n) is 26.2. The van der Waals surface area contributed by atoms with Gasteiger partial charge in [0.05, 0.1) is 34.3 Å². The Hall–Kier alpha value is -5.51. The topological polar surface area (TPSA) is 160 Å². The van der Waals surface area contributed by atoms with Gasteiger partial charge in [-0.3, -0.25) is 28.9 Å². The maximum Gasteiger partial charge on any atom is 0.272 e. The zero-order chi connectivity index (χ0) is 48.8. The molecule has 1 aromatic heterocycles. The number of piperidine rings is 1. The van der Waals surface area contributed by atoms with E-state index in [1.165, 1.54) is 18.1 Å². The summed E-state index contributed by atoms with van der Waals surface area (Å²) in [5, 5.41) is 14.7. The van der Waals surface area contributed by atoms with E-state index in [-0.39, 0.29) is 43.2 Å². The molecule has 11 rings (SSSR count). The number of piperazine rings is 2. The molecule has 0 spiro atoms. The van der Waals surface area contributed by atoms with Gasteiger partial charge >= 0.3 is 0 Å². The third kappa shape index (κ3) is 10.6. The standard InChI is InChI=1S/C53H65FN8O6.C2H6.2H2/c54-44-16-15-36(31-45-41-13-4-5-14-42(41)48(64)58-57-45)30-43(44)49(65)60-26-28-62(29-27-60)51(67)52-17-19-53(20-18-52,68-35-52)34-59-22-24-61(25-23-59)50(66)46(37-8-2-1-3-9-37)56-47(63)39-11-6-10-38(32-39)40-12-7-21-55-33-40;1-2;;/h4-6,10-11,13-16,30,32,37,40,46,55H,1-3,7-9,12,17-29,31,33-35H2,(H,56,63)(H,58,64);1-2H3;2*1H/t40-,46-,52?,53?;;;/m1.../s1. The number of H-pyrrole nitrogens is 1. The summed E-state index contributed by atoms with van der Waals surface area (Å²) in [6.45, 7) is 11.1. The van der Waals surface area contributed by atoms with Gasteiger partial charge in [-0.1, -0.05) is 69.5 Å². The first-order valence-corrected chi connectivity index (χ1v) is 26.2. The lowest BCUT2D eigenvalue weighted by atomic mass is 9.65. The van der Waals surface area contributed by atoms with Gasteiger partial charge in [0.15, 0.2) is 0 Å². The molecule has 5 saturated heterocycles. The lowest BCUT2D eigenvalue weighted by Gasteiger charge is -2.55. The van der Waals surface area contributed by atoms with Gasteiger partial charge in [-0.05, 0) is 111 Å². The second kappa shape index (κ2) is 21.9. The Balaban J connectivity index is 0.00000188. The minimum Gasteiger partial charge on any atom is -0.373 e. The fraction of sp³-hybridized carbons (Fsp3) is 0.564. The fourth-order valence-electron chi connectivity index (χ4n) is 12.1. The van der Waals surface area contributed by atoms with Crippen molar-refractivity contribution in [3.05, 3.63) is 111 Å². The van der Waals surface area contributed by atoms with Gasteiger partial charge in [0.2, 0.25) is 11.8 Å². The molecule has 7 fully saturated rings. The lowest BCUT2D eigenvalue weighted by Crippen LogP contribution is -2.64. The van der Waals surface area contributed by atoms with Gasteiger partial charge in [0.1, 0.15) is 11.9 Å². The van der Waals surface area contributed by atoms with Crippen LogP contribution in [0.3, 0.4) is 0 Å². The molecule has 0 radical (unpaired) electrons. The van der Waals surface area contributed by atoms with Crippen LogP contribution < -0.4 is 16.2 Å². The van der Waals surface area contributed by atoms with Crippen molar-refractivity contribution in [1.29, 1.82) is 0 Å². The monoisotopic (exact) mass is 963 g/mol. The number of carbonyl (C=O) groups is 4. The summed E-state index contributed by atoms with van der Waals surface area (Å²) >= 11 is 0. The van der Waals surface area contributed by atoms with Crippen LogP contribution >= 0.6 is 0 Å². The van der Waals surface area contributed by atoms with Crippen molar-refractivity contribution < 1.29 is 31.2 Å². The number of nitrogens with zero attached hydrogens (tertiary/aromatic N) is 5. The second-order valence-electron chi connectivity index (χ2n) is 20.5. The molecule has 6 heterocycles. The van der Waals surface area contributed by atoms with E-state index in [0.717, 1.165) is 96.9 Å². The number of aromatic nitrogens is 2. The third-order valence-electron chi connectivity index (χ3n) is 16.3. The molecular weight excluding hydrogens is 888 g/mol. The number of rotatable bonds is 11. The SMILES string of the molecule is CC.O=C(N[C@@H](C(=O)N1CCN(CC23CCC(C(=O)N4CCN(C(=O)c5cc(Cc6n[nH]c(=O)c7ccccc67)ccc5F)CC4)(CC2)CO3)CC1)C1CCCCC1)c1cccc([C@@H]2CCCNC2)c1.[HH].[HH]. The van der Waals surface area contributed by atoms with E-state index in [1.807, 2.05) is 54.0 Å². The van der Waals surface area contributed by atoms with Crippen molar-refractivity contribution in [2.24, 2.45) is 11.3 Å². The summed E-state index contributed by atoms with van der Waals surface area (Å²) in [7, 11) is 0. The van der Waals surface area contributed by atoms with E-state index in [1.54, 1.807) is 29.2 Å². The number of hydrogen-bond acceptors (Lipinski definition) is 9. The van der Waals surface area contributed by atoms with Crippen molar-refractivity contribution >= 4 is 34.4 Å². The highest BCUT2D eigenvalue weighted by Gasteiger charge is 2.55. The number of hydrogen-bond donors (Lipinski definition) is 3. The molecule has 2 bridgehead atoms. The normalized spacial score (nSPS) is 24.7. The summed E-state index contributed by atoms with van der Waals surface area (Å²) in [5.41, 5.74) is 1.89. The first-order chi connectivity index (χ1) is 34.1. The molecule has 70 heavy (non-hydrogen) atoms. The Bertz CT molecular complexity index is 2560. The Morgan fingerprint density at radius 3 is 2.23 bits per heavy atom. The number of amides is 4. The van der Waals surface area contributed by atoms with Crippen LogP contribution in [-0.2, 0) is 20.7 Å². The van der Waals surface area contributed by atoms with Gasteiger partial charge in [-0.25, -0.2) is 9.49 Å². The predicted octanol–water partition coefficient (Wildman–Crippen LogP) is 6.78. The molecule has 3 N–H and O–H groups in total. The summed E-state index contributed by atoms with van der Waals surface area (Å²) in [6.07, 6.45) is 10.8. The highest BCUT2D eigenvalue weighted by Crippen LogP contribution is 2.50. The van der Waals surface area contributed by atoms with E-state index in [4.69, 9.17) is 4.74 Å². The molecule has 3 aromatic carbocycles. The second-order valence-corrected chi connectivity index (χ2v) is 20.5. The van der Waals surface area contributed by atoms with Crippen LogP contribution in [0.25, 0.3) is 10.8 Å². The smallest absolute Gasteiger partial charge is 0.272 e. The number of halogens is 1. The third-order valence-corrected chi connectivity index (χ3v) is 16.3. The average Bonchev–Trinajstić information content (AvgIpc) is 3.42. The molecule has 2 atom stereocenters. The molecule has 5 aliphatic heterocycles. The zero-order valence-electron chi connectivity index (χ0n) is 41.1. The predicted molar refractivity (Wildman–Crippen MR) is 271 cm³/mol. The maximum atomic E-state index is 15.2. The molecule has 4 aromatic rings. The Morgan fingerprint density at radius 2 is 1.53 bits per heavy atom. The minimum atomic E-state index is -0.607. The van der Waals surface area contributed by atoms with Gasteiger partial charge in [-0.15, -0.1) is 0 Å². The zero-order valence-corrected chi connectivity index (χ0v) is 41.1. The molecule has 7 aliphatic rings. The molecular formula is C55H75FN8O6. The van der Waals surface area contributed by atoms with Gasteiger partial charge in [0.25, 0.3) is 17.4 Å². The van der Waals surface area contributed by atoms with Crippen LogP contribution in [0.4, 0.5) is 4.39 Å². The van der Waals surface area contributed by atoms with Crippen molar-refractivity contribution in [2.75, 3.05) is 78.6 Å². The molecule has 2 saturated carbocycles. The van der Waals surface area contributed by atoms with Crippen LogP contribution in [0.2, 0.25) is 0 Å². The summed E-state index contributed by atoms with van der Waals surface area (Å²) < 4.78 is 21.9. The van der Waals surface area contributed by atoms with Crippen LogP contribution in [0, 0.1) is 17.2 Å². The quantitative estimate of drug-likeness (QED) is 0.147. The molecule has 14 nitrogen and oxygen atoms in total. The minimum absolute atomic E-state index is 0. The number of carbonyl (C=O) groups excluding carboxylic acids is 4. The number of aromatic amines is 1. The highest BCUT2D eigenvalue weighted by molar-refractivity contribution is 5.98. The molecule has 0 unspecified atom stereocenters. The summed E-state index contributed by atoms with van der Waals surface area (Å²) in [6, 6.07) is 19.1. The van der Waals surface area contributed by atoms with Crippen molar-refractivity contribution in [3.8, 4) is 0 Å². The number of benzene rings is 3. The molecule has 378 valence electrons. The van der Waals surface area contributed by atoms with Gasteiger partial charge < -0.3 is 30.1 Å². The van der Waals surface area contributed by atoms with Gasteiger partial charge in [0, 0.05) is 85.7 Å². The molecule has 2 aliphatic carbocycles. The molecule has 15 heteroatoms. The van der Waals surface area contributed by atoms with Crippen LogP contribution in [-0.4, -0.2) is 144 Å². The average molecular weight is 963 g/mol. The van der Waals surface area contributed by atoms with Crippen LogP contribution in [0.1, 0.15) is 131 Å². The van der Waals surface area contributed by atoms with E-state index >= 15 is 4.39 Å². The summed E-state index contributed by atoms with van der Waals surface area (Å²) in [5.74, 6) is -0.561. The summed E-state index contributed by atoms with van der Waals surface area (Å²) in [4.78, 5) is 76.3. The van der Waals surface area contributed by atoms with Crippen LogP contribution in [0.15, 0.2) is 71.5 Å². The van der Waals surface area contributed by atoms with Crippen molar-refractivity contribution in [3.63, 3.8) is 0 Å². The van der Waals surface area contributed by atoms with E-state index in [9.17, 15) is 24.0 Å². The Morgan fingerprint density at radius 1 is 0.814 bits per heavy atom. The van der Waals surface area contributed by atoms with Crippen LogP contribution in [0.5, 0.6) is 0 Å². The highest BCUT2D eigenvalue weighted by atomic mass is 19.1. The largest absolute Gasteiger partial charge is 0.373 e. The van der Waals surface area contributed by atoms with E-state index < -0.39 is 23.2 Å². The number of fused-ring (bicyclic) bond motifs is 4. The Labute approximate surface area is 414 Å². The first kappa shape index (κ1) is 49.5. The van der Waals surface area contributed by atoms with Crippen molar-refractivity contribution in [1.82, 2.24) is 40.4 Å². The fourth-order valence-corrected chi connectivity index (χ4v) is 12.1. The van der Waals surface area contributed by atoms with E-state index in [0.29, 0.717) is 85.8 Å².